The van der Waals surface area contributed by atoms with E-state index in [-0.39, 0.29) is 12.8 Å². The predicted octanol–water partition coefficient (Wildman–Crippen LogP) is 0.470. The van der Waals surface area contributed by atoms with Crippen molar-refractivity contribution < 1.29 is 38.7 Å². The van der Waals surface area contributed by atoms with Crippen LogP contribution in [0.15, 0.2) is 91.0 Å². The van der Waals surface area contributed by atoms with Crippen LogP contribution in [0.2, 0.25) is 0 Å². The largest absolute Gasteiger partial charge is 0.480 e. The van der Waals surface area contributed by atoms with Gasteiger partial charge in [-0.1, -0.05) is 78.9 Å². The van der Waals surface area contributed by atoms with Crippen LogP contribution < -0.4 is 31.9 Å². The molecule has 50 heavy (non-hydrogen) atoms. The molecule has 14 heteroatoms. The molecule has 3 rings (SSSR count). The Labute approximate surface area is 289 Å². The van der Waals surface area contributed by atoms with Crippen LogP contribution >= 0.6 is 0 Å². The zero-order valence-corrected chi connectivity index (χ0v) is 28.0. The minimum Gasteiger partial charge on any atom is -0.480 e. The Morgan fingerprint density at radius 1 is 0.500 bits per heavy atom. The Morgan fingerprint density at radius 2 is 0.880 bits per heavy atom. The van der Waals surface area contributed by atoms with E-state index in [1.54, 1.807) is 72.8 Å². The van der Waals surface area contributed by atoms with Crippen molar-refractivity contribution in [2.24, 2.45) is 0 Å². The highest BCUT2D eigenvalue weighted by Crippen LogP contribution is 2.07. The molecule has 0 saturated heterocycles. The van der Waals surface area contributed by atoms with Gasteiger partial charge in [-0.15, -0.1) is 0 Å². The topological polar surface area (TPSA) is 212 Å². The summed E-state index contributed by atoms with van der Waals surface area (Å²) in [4.78, 5) is 88.8. The number of hydrogen-bond acceptors (Lipinski definition) is 7. The molecule has 0 aliphatic heterocycles. The van der Waals surface area contributed by atoms with Crippen LogP contribution in [0.4, 0.5) is 0 Å². The standard InChI is InChI=1S/C36H42N6O8/c1-22(31(45)37-21-30(43)44)39-35(49)28(19-25-13-7-4-8-14-25)41-33(47)24(3)38-32(46)23(2)40-36(50)29(20-26-15-9-5-10-16-26)42-34(48)27-17-11-6-12-18-27/h4-18,22-24,28-29H,19-21H2,1-3H3,(H,37,45)(H,38,46)(H,39,49)(H,40,50)(H,41,47)(H,42,48)(H,43,44)/t22-,23-,24-,28-,29-/m0/s1. The first kappa shape index (κ1) is 38.4. The summed E-state index contributed by atoms with van der Waals surface area (Å²) in [6.07, 6.45) is 0.204. The molecule has 0 aliphatic carbocycles. The van der Waals surface area contributed by atoms with Crippen molar-refractivity contribution >= 4 is 41.4 Å². The summed E-state index contributed by atoms with van der Waals surface area (Å²) < 4.78 is 0. The minimum atomic E-state index is -1.25. The van der Waals surface area contributed by atoms with Gasteiger partial charge in [0.2, 0.25) is 29.5 Å². The maximum Gasteiger partial charge on any atom is 0.322 e. The molecule has 14 nitrogen and oxygen atoms in total. The summed E-state index contributed by atoms with van der Waals surface area (Å²) in [5, 5.41) is 23.9. The van der Waals surface area contributed by atoms with Gasteiger partial charge >= 0.3 is 5.97 Å². The predicted molar refractivity (Wildman–Crippen MR) is 183 cm³/mol. The molecule has 0 bridgehead atoms. The van der Waals surface area contributed by atoms with Crippen molar-refractivity contribution in [1.82, 2.24) is 31.9 Å². The smallest absolute Gasteiger partial charge is 0.322 e. The average molecular weight is 687 g/mol. The number of carboxylic acid groups (broad SMARTS) is 1. The van der Waals surface area contributed by atoms with E-state index in [4.69, 9.17) is 5.11 Å². The van der Waals surface area contributed by atoms with Crippen molar-refractivity contribution in [3.63, 3.8) is 0 Å². The van der Waals surface area contributed by atoms with E-state index in [1.807, 2.05) is 18.2 Å². The van der Waals surface area contributed by atoms with Gasteiger partial charge in [0.1, 0.15) is 36.8 Å². The van der Waals surface area contributed by atoms with E-state index in [2.05, 4.69) is 31.9 Å². The fraction of sp³-hybridized carbons (Fsp3) is 0.306. The van der Waals surface area contributed by atoms with Gasteiger partial charge in [0.05, 0.1) is 0 Å². The molecule has 6 amide bonds. The lowest BCUT2D eigenvalue weighted by atomic mass is 10.0. The maximum absolute atomic E-state index is 13.4. The van der Waals surface area contributed by atoms with Gasteiger partial charge in [0, 0.05) is 18.4 Å². The third-order valence-corrected chi connectivity index (χ3v) is 7.53. The Balaban J connectivity index is 1.64. The summed E-state index contributed by atoms with van der Waals surface area (Å²) >= 11 is 0. The SMILES string of the molecule is C[C@H](NC(=O)[C@H](C)NC(=O)[C@H](Cc1ccccc1)NC(=O)c1ccccc1)C(=O)N[C@@H](Cc1ccccc1)C(=O)N[C@@H](C)C(=O)NCC(=O)O. The monoisotopic (exact) mass is 686 g/mol. The van der Waals surface area contributed by atoms with Crippen molar-refractivity contribution in [1.29, 1.82) is 0 Å². The van der Waals surface area contributed by atoms with Crippen molar-refractivity contribution in [2.45, 2.75) is 63.8 Å². The van der Waals surface area contributed by atoms with Crippen LogP contribution in [-0.2, 0) is 41.6 Å². The van der Waals surface area contributed by atoms with E-state index >= 15 is 0 Å². The van der Waals surface area contributed by atoms with Crippen LogP contribution in [0.25, 0.3) is 0 Å². The number of carbonyl (C=O) groups excluding carboxylic acids is 6. The fourth-order valence-electron chi connectivity index (χ4n) is 4.72. The third-order valence-electron chi connectivity index (χ3n) is 7.53. The van der Waals surface area contributed by atoms with Gasteiger partial charge in [0.15, 0.2) is 0 Å². The first-order chi connectivity index (χ1) is 23.8. The molecule has 0 unspecified atom stereocenters. The zero-order valence-electron chi connectivity index (χ0n) is 28.0. The quantitative estimate of drug-likeness (QED) is 0.106. The van der Waals surface area contributed by atoms with Crippen molar-refractivity contribution in [3.8, 4) is 0 Å². The molecule has 0 radical (unpaired) electrons. The molecule has 0 heterocycles. The number of carboxylic acids is 1. The first-order valence-electron chi connectivity index (χ1n) is 16.0. The Hall–Kier alpha value is -6.05. The lowest BCUT2D eigenvalue weighted by Crippen LogP contribution is -2.58. The van der Waals surface area contributed by atoms with Crippen LogP contribution in [0.1, 0.15) is 42.3 Å². The number of aliphatic carboxylic acids is 1. The van der Waals surface area contributed by atoms with Gasteiger partial charge in [-0.3, -0.25) is 33.6 Å². The molecule has 0 aromatic heterocycles. The molecule has 264 valence electrons. The second kappa shape index (κ2) is 19.1. The molecule has 0 fully saturated rings. The highest BCUT2D eigenvalue weighted by molar-refractivity contribution is 5.99. The maximum atomic E-state index is 13.4. The summed E-state index contributed by atoms with van der Waals surface area (Å²) in [5.41, 5.74) is 1.85. The highest BCUT2D eigenvalue weighted by atomic mass is 16.4. The Bertz CT molecular complexity index is 1640. The number of nitrogens with one attached hydrogen (secondary N) is 6. The second-order valence-electron chi connectivity index (χ2n) is 11.6. The van der Waals surface area contributed by atoms with Crippen LogP contribution in [-0.4, -0.2) is 83.3 Å². The summed E-state index contributed by atoms with van der Waals surface area (Å²) in [7, 11) is 0. The average Bonchev–Trinajstić information content (AvgIpc) is 3.10. The van der Waals surface area contributed by atoms with E-state index < -0.39 is 78.2 Å². The lowest BCUT2D eigenvalue weighted by molar-refractivity contribution is -0.138. The molecule has 0 spiro atoms. The number of benzene rings is 3. The van der Waals surface area contributed by atoms with E-state index in [9.17, 15) is 33.6 Å². The van der Waals surface area contributed by atoms with Gasteiger partial charge in [-0.05, 0) is 44.0 Å². The van der Waals surface area contributed by atoms with Crippen molar-refractivity contribution in [3.05, 3.63) is 108 Å². The minimum absolute atomic E-state index is 0.0481. The van der Waals surface area contributed by atoms with Crippen LogP contribution in [0, 0.1) is 0 Å². The highest BCUT2D eigenvalue weighted by Gasteiger charge is 2.29. The number of carbonyl (C=O) groups is 7. The molecule has 3 aromatic rings. The van der Waals surface area contributed by atoms with Gasteiger partial charge < -0.3 is 37.0 Å². The molecule has 0 saturated carbocycles. The molecular formula is C36H42N6O8. The van der Waals surface area contributed by atoms with Gasteiger partial charge in [-0.25, -0.2) is 0 Å². The Kier molecular flexibility index (Phi) is 14.6. The number of hydrogen-bond donors (Lipinski definition) is 7. The van der Waals surface area contributed by atoms with E-state index in [0.717, 1.165) is 5.56 Å². The third kappa shape index (κ3) is 12.5. The molecular weight excluding hydrogens is 644 g/mol. The normalized spacial score (nSPS) is 13.6. The summed E-state index contributed by atoms with van der Waals surface area (Å²) in [6.45, 7) is 3.57. The fourth-order valence-corrected chi connectivity index (χ4v) is 4.72. The van der Waals surface area contributed by atoms with Crippen molar-refractivity contribution in [2.75, 3.05) is 6.54 Å². The summed E-state index contributed by atoms with van der Waals surface area (Å²) in [5.74, 6) is -5.17. The number of rotatable bonds is 17. The lowest BCUT2D eigenvalue weighted by Gasteiger charge is -2.24. The second-order valence-corrected chi connectivity index (χ2v) is 11.6. The Morgan fingerprint density at radius 3 is 1.34 bits per heavy atom. The van der Waals surface area contributed by atoms with Crippen LogP contribution in [0.3, 0.4) is 0 Å². The zero-order chi connectivity index (χ0) is 36.6. The molecule has 3 aromatic carbocycles. The summed E-state index contributed by atoms with van der Waals surface area (Å²) in [6, 6.07) is 20.7. The van der Waals surface area contributed by atoms with Gasteiger partial charge in [-0.2, -0.15) is 0 Å². The van der Waals surface area contributed by atoms with Crippen LogP contribution in [0.5, 0.6) is 0 Å². The van der Waals surface area contributed by atoms with Gasteiger partial charge in [0.25, 0.3) is 5.91 Å². The number of amides is 6. The van der Waals surface area contributed by atoms with E-state index in [0.29, 0.717) is 11.1 Å². The molecule has 0 aliphatic rings. The molecule has 7 N–H and O–H groups in total. The molecule has 5 atom stereocenters. The van der Waals surface area contributed by atoms with E-state index in [1.165, 1.54) is 20.8 Å². The first-order valence-corrected chi connectivity index (χ1v) is 16.0.